The van der Waals surface area contributed by atoms with Crippen molar-refractivity contribution in [2.24, 2.45) is 0 Å². The topological polar surface area (TPSA) is 89.8 Å². The molecule has 0 aliphatic carbocycles. The molecular weight excluding hydrogens is 344 g/mol. The Balaban J connectivity index is 1.39. The molecule has 0 unspecified atom stereocenters. The number of piperidine rings is 1. The van der Waals surface area contributed by atoms with Crippen LogP contribution in [0.3, 0.4) is 0 Å². The van der Waals surface area contributed by atoms with Crippen LogP contribution in [-0.2, 0) is 13.0 Å². The molecule has 2 aliphatic heterocycles. The second kappa shape index (κ2) is 6.38. The predicted molar refractivity (Wildman–Crippen MR) is 99.7 cm³/mol. The second-order valence-electron chi connectivity index (χ2n) is 7.30. The molecule has 1 amide bonds. The van der Waals surface area contributed by atoms with E-state index in [2.05, 4.69) is 20.0 Å². The number of hydrogen-bond donors (Lipinski definition) is 2. The molecule has 0 spiro atoms. The van der Waals surface area contributed by atoms with Crippen molar-refractivity contribution in [3.05, 3.63) is 47.8 Å². The Kier molecular flexibility index (Phi) is 3.86. The lowest BCUT2D eigenvalue weighted by Crippen LogP contribution is -2.36. The molecule has 0 saturated carbocycles. The summed E-state index contributed by atoms with van der Waals surface area (Å²) in [6.45, 7) is 2.89. The molecule has 8 nitrogen and oxygen atoms in total. The number of carbonyl (C=O) groups is 1. The standard InChI is InChI=1S/C19H22N6O2/c26-14-3-6-23(7-4-14)13-1-2-18-15(9-22-25(18)10-13)19(27)24-8-5-16-17(11-24)21-12-20-16/h1-2,9-10,12,14,26H,3-8,11H2,(H,20,21). The van der Waals surface area contributed by atoms with Gasteiger partial charge in [0.1, 0.15) is 0 Å². The summed E-state index contributed by atoms with van der Waals surface area (Å²) in [5.41, 5.74) is 4.57. The molecule has 3 aromatic rings. The number of rotatable bonds is 2. The average Bonchev–Trinajstić information content (AvgIpc) is 3.33. The molecule has 2 N–H and O–H groups in total. The number of pyridine rings is 1. The number of aliphatic hydroxyl groups excluding tert-OH is 1. The number of nitrogens with zero attached hydrogens (tertiary/aromatic N) is 5. The number of fused-ring (bicyclic) bond motifs is 2. The molecule has 0 radical (unpaired) electrons. The lowest BCUT2D eigenvalue weighted by Gasteiger charge is -2.31. The molecule has 1 fully saturated rings. The zero-order chi connectivity index (χ0) is 18.4. The SMILES string of the molecule is O=C(c1cnn2cc(N3CCC(O)CC3)ccc12)N1CCc2nc[nH]c2C1. The maximum absolute atomic E-state index is 13.0. The van der Waals surface area contributed by atoms with E-state index >= 15 is 0 Å². The normalized spacial score (nSPS) is 18.1. The zero-order valence-electron chi connectivity index (χ0n) is 15.0. The first-order valence-electron chi connectivity index (χ1n) is 9.40. The van der Waals surface area contributed by atoms with Gasteiger partial charge in [-0.1, -0.05) is 0 Å². The van der Waals surface area contributed by atoms with Gasteiger partial charge in [0.15, 0.2) is 0 Å². The first-order chi connectivity index (χ1) is 13.2. The molecule has 5 heterocycles. The van der Waals surface area contributed by atoms with E-state index in [1.165, 1.54) is 0 Å². The van der Waals surface area contributed by atoms with E-state index < -0.39 is 0 Å². The summed E-state index contributed by atoms with van der Waals surface area (Å²) in [5, 5.41) is 14.1. The van der Waals surface area contributed by atoms with E-state index in [1.54, 1.807) is 17.0 Å². The van der Waals surface area contributed by atoms with E-state index in [1.807, 2.05) is 23.2 Å². The fourth-order valence-corrected chi connectivity index (χ4v) is 4.01. The molecule has 8 heteroatoms. The maximum atomic E-state index is 13.0. The van der Waals surface area contributed by atoms with Gasteiger partial charge in [-0.15, -0.1) is 0 Å². The lowest BCUT2D eigenvalue weighted by atomic mass is 10.1. The number of anilines is 1. The third kappa shape index (κ3) is 2.86. The van der Waals surface area contributed by atoms with Gasteiger partial charge in [0, 0.05) is 26.1 Å². The molecular formula is C19H22N6O2. The van der Waals surface area contributed by atoms with Crippen molar-refractivity contribution in [1.29, 1.82) is 0 Å². The van der Waals surface area contributed by atoms with Crippen LogP contribution < -0.4 is 4.90 Å². The molecule has 1 saturated heterocycles. The summed E-state index contributed by atoms with van der Waals surface area (Å²) < 4.78 is 1.78. The fourth-order valence-electron chi connectivity index (χ4n) is 4.01. The quantitative estimate of drug-likeness (QED) is 0.712. The fraction of sp³-hybridized carbons (Fsp3) is 0.421. The Morgan fingerprint density at radius 3 is 2.93 bits per heavy atom. The largest absolute Gasteiger partial charge is 0.393 e. The molecule has 5 rings (SSSR count). The highest BCUT2D eigenvalue weighted by atomic mass is 16.3. The van der Waals surface area contributed by atoms with Gasteiger partial charge >= 0.3 is 0 Å². The molecule has 140 valence electrons. The third-order valence-corrected chi connectivity index (χ3v) is 5.62. The second-order valence-corrected chi connectivity index (χ2v) is 7.30. The Bertz CT molecular complexity index is 985. The van der Waals surface area contributed by atoms with E-state index in [-0.39, 0.29) is 12.0 Å². The number of nitrogens with one attached hydrogen (secondary N) is 1. The average molecular weight is 366 g/mol. The van der Waals surface area contributed by atoms with Crippen LogP contribution in [0, 0.1) is 0 Å². The van der Waals surface area contributed by atoms with Crippen molar-refractivity contribution >= 4 is 17.1 Å². The summed E-state index contributed by atoms with van der Waals surface area (Å²) in [6.07, 6.45) is 7.45. The van der Waals surface area contributed by atoms with E-state index in [0.717, 1.165) is 54.9 Å². The van der Waals surface area contributed by atoms with Crippen LogP contribution >= 0.6 is 0 Å². The van der Waals surface area contributed by atoms with Crippen molar-refractivity contribution in [2.45, 2.75) is 31.9 Å². The minimum atomic E-state index is -0.196. The summed E-state index contributed by atoms with van der Waals surface area (Å²) in [6, 6.07) is 4.00. The van der Waals surface area contributed by atoms with Gasteiger partial charge in [0.25, 0.3) is 5.91 Å². The van der Waals surface area contributed by atoms with Crippen LogP contribution in [0.25, 0.3) is 5.52 Å². The molecule has 2 aliphatic rings. The number of aliphatic hydroxyl groups is 1. The molecule has 3 aromatic heterocycles. The Hall–Kier alpha value is -2.87. The smallest absolute Gasteiger partial charge is 0.258 e. The van der Waals surface area contributed by atoms with E-state index in [0.29, 0.717) is 18.7 Å². The van der Waals surface area contributed by atoms with Gasteiger partial charge in [-0.2, -0.15) is 5.10 Å². The van der Waals surface area contributed by atoms with Crippen molar-refractivity contribution < 1.29 is 9.90 Å². The van der Waals surface area contributed by atoms with Gasteiger partial charge < -0.3 is 19.9 Å². The van der Waals surface area contributed by atoms with E-state index in [4.69, 9.17) is 0 Å². The van der Waals surface area contributed by atoms with Crippen LogP contribution in [0.4, 0.5) is 5.69 Å². The van der Waals surface area contributed by atoms with Crippen LogP contribution in [0.5, 0.6) is 0 Å². The Morgan fingerprint density at radius 2 is 2.07 bits per heavy atom. The number of aromatic amines is 1. The molecule has 0 atom stereocenters. The van der Waals surface area contributed by atoms with Gasteiger partial charge in [0.2, 0.25) is 0 Å². The minimum Gasteiger partial charge on any atom is -0.393 e. The van der Waals surface area contributed by atoms with Crippen LogP contribution in [0.15, 0.2) is 30.9 Å². The number of hydrogen-bond acceptors (Lipinski definition) is 5. The zero-order valence-corrected chi connectivity index (χ0v) is 15.0. The highest BCUT2D eigenvalue weighted by Gasteiger charge is 2.26. The summed E-state index contributed by atoms with van der Waals surface area (Å²) in [4.78, 5) is 24.5. The highest BCUT2D eigenvalue weighted by molar-refractivity contribution is 6.00. The van der Waals surface area contributed by atoms with Gasteiger partial charge in [-0.25, -0.2) is 9.50 Å². The Morgan fingerprint density at radius 1 is 1.22 bits per heavy atom. The number of carbonyl (C=O) groups excluding carboxylic acids is 1. The number of imidazole rings is 1. The number of amides is 1. The summed E-state index contributed by atoms with van der Waals surface area (Å²) in [5.74, 6) is -0.000838. The van der Waals surface area contributed by atoms with Crippen LogP contribution in [0.1, 0.15) is 34.6 Å². The van der Waals surface area contributed by atoms with Gasteiger partial charge in [-0.05, 0) is 25.0 Å². The van der Waals surface area contributed by atoms with Crippen molar-refractivity contribution in [3.63, 3.8) is 0 Å². The molecule has 27 heavy (non-hydrogen) atoms. The summed E-state index contributed by atoms with van der Waals surface area (Å²) in [7, 11) is 0. The van der Waals surface area contributed by atoms with Gasteiger partial charge in [-0.3, -0.25) is 4.79 Å². The van der Waals surface area contributed by atoms with Crippen molar-refractivity contribution in [2.75, 3.05) is 24.5 Å². The van der Waals surface area contributed by atoms with E-state index in [9.17, 15) is 9.90 Å². The highest BCUT2D eigenvalue weighted by Crippen LogP contribution is 2.24. The minimum absolute atomic E-state index is 0.000838. The lowest BCUT2D eigenvalue weighted by molar-refractivity contribution is 0.0734. The number of H-pyrrole nitrogens is 1. The predicted octanol–water partition coefficient (Wildman–Crippen LogP) is 1.22. The molecule has 0 aromatic carbocycles. The van der Waals surface area contributed by atoms with Crippen LogP contribution in [-0.4, -0.2) is 61.2 Å². The third-order valence-electron chi connectivity index (χ3n) is 5.62. The Labute approximate surface area is 156 Å². The maximum Gasteiger partial charge on any atom is 0.258 e. The summed E-state index contributed by atoms with van der Waals surface area (Å²) >= 11 is 0. The van der Waals surface area contributed by atoms with Crippen molar-refractivity contribution in [1.82, 2.24) is 24.5 Å². The van der Waals surface area contributed by atoms with Crippen molar-refractivity contribution in [3.8, 4) is 0 Å². The van der Waals surface area contributed by atoms with Gasteiger partial charge in [0.05, 0.1) is 59.5 Å². The number of aromatic nitrogens is 4. The molecule has 0 bridgehead atoms. The monoisotopic (exact) mass is 366 g/mol. The van der Waals surface area contributed by atoms with Crippen LogP contribution in [0.2, 0.25) is 0 Å². The first kappa shape index (κ1) is 16.3. The first-order valence-corrected chi connectivity index (χ1v) is 9.40.